The highest BCUT2D eigenvalue weighted by molar-refractivity contribution is 7.17. The molecule has 8 nitrogen and oxygen atoms in total. The van der Waals surface area contributed by atoms with Crippen LogP contribution >= 0.6 is 11.3 Å². The summed E-state index contributed by atoms with van der Waals surface area (Å²) in [4.78, 5) is 46.7. The molecule has 2 aliphatic heterocycles. The number of anilines is 1. The number of likely N-dealkylation sites (N-methyl/N-ethyl adjacent to an activating group) is 2. The van der Waals surface area contributed by atoms with E-state index in [1.807, 2.05) is 30.8 Å². The maximum atomic E-state index is 13.0. The van der Waals surface area contributed by atoms with E-state index in [0.717, 1.165) is 16.9 Å². The molecule has 1 aromatic heterocycles. The van der Waals surface area contributed by atoms with Crippen LogP contribution in [0.2, 0.25) is 0 Å². The van der Waals surface area contributed by atoms with E-state index in [-0.39, 0.29) is 30.3 Å². The molecule has 3 rings (SSSR count). The molecule has 1 atom stereocenters. The van der Waals surface area contributed by atoms with Crippen LogP contribution < -0.4 is 4.90 Å². The van der Waals surface area contributed by atoms with E-state index in [9.17, 15) is 14.4 Å². The zero-order chi connectivity index (χ0) is 21.3. The number of amides is 3. The molecule has 1 aromatic rings. The summed E-state index contributed by atoms with van der Waals surface area (Å²) < 4.78 is 5.17. The van der Waals surface area contributed by atoms with Crippen LogP contribution in [0.5, 0.6) is 0 Å². The SMILES string of the molecule is CCC(C(=O)N1CCc2c(sc3c2C(=O)N(C)CC(=O)N3CCOC)C1)N(C)C. The van der Waals surface area contributed by atoms with Gasteiger partial charge in [-0.3, -0.25) is 24.2 Å². The third kappa shape index (κ3) is 4.04. The lowest BCUT2D eigenvalue weighted by atomic mass is 10.0. The molecule has 0 spiro atoms. The minimum Gasteiger partial charge on any atom is -0.383 e. The van der Waals surface area contributed by atoms with E-state index < -0.39 is 0 Å². The van der Waals surface area contributed by atoms with Gasteiger partial charge in [-0.1, -0.05) is 6.92 Å². The predicted octanol–water partition coefficient (Wildman–Crippen LogP) is 1.04. The standard InChI is InChI=1S/C20H30N4O4S/c1-6-14(21(2)3)18(26)23-8-7-13-15(11-23)29-20-17(13)19(27)22(4)12-16(25)24(20)9-10-28-5/h14H,6-12H2,1-5H3. The Morgan fingerprint density at radius 1 is 1.28 bits per heavy atom. The van der Waals surface area contributed by atoms with Gasteiger partial charge in [0.05, 0.1) is 31.3 Å². The van der Waals surface area contributed by atoms with E-state index in [0.29, 0.717) is 43.2 Å². The van der Waals surface area contributed by atoms with Gasteiger partial charge in [-0.25, -0.2) is 0 Å². The Balaban J connectivity index is 1.95. The van der Waals surface area contributed by atoms with Crippen molar-refractivity contribution < 1.29 is 19.1 Å². The molecule has 0 saturated carbocycles. The molecule has 3 heterocycles. The van der Waals surface area contributed by atoms with Gasteiger partial charge in [-0.15, -0.1) is 11.3 Å². The first-order valence-electron chi connectivity index (χ1n) is 9.94. The van der Waals surface area contributed by atoms with Crippen LogP contribution in [0.15, 0.2) is 0 Å². The van der Waals surface area contributed by atoms with Crippen LogP contribution in [0.4, 0.5) is 5.00 Å². The first-order chi connectivity index (χ1) is 13.8. The Bertz CT molecular complexity index is 807. The summed E-state index contributed by atoms with van der Waals surface area (Å²) in [5.74, 6) is -0.116. The molecule has 3 amide bonds. The van der Waals surface area contributed by atoms with E-state index in [2.05, 4.69) is 0 Å². The maximum absolute atomic E-state index is 13.0. The molecular formula is C20H30N4O4S. The number of thiophene rings is 1. The fraction of sp³-hybridized carbons (Fsp3) is 0.650. The molecule has 0 fully saturated rings. The second kappa shape index (κ2) is 8.81. The fourth-order valence-electron chi connectivity index (χ4n) is 4.03. The van der Waals surface area contributed by atoms with Gasteiger partial charge in [-0.05, 0) is 32.5 Å². The number of rotatable bonds is 6. The number of carbonyl (C=O) groups is 3. The molecule has 1 unspecified atom stereocenters. The Labute approximate surface area is 176 Å². The van der Waals surface area contributed by atoms with Crippen molar-refractivity contribution in [3.8, 4) is 0 Å². The number of nitrogens with zero attached hydrogens (tertiary/aromatic N) is 4. The van der Waals surface area contributed by atoms with Crippen molar-refractivity contribution in [3.05, 3.63) is 16.0 Å². The number of hydrogen-bond donors (Lipinski definition) is 0. The zero-order valence-corrected chi connectivity index (χ0v) is 18.7. The van der Waals surface area contributed by atoms with Gasteiger partial charge >= 0.3 is 0 Å². The van der Waals surface area contributed by atoms with Crippen LogP contribution in [-0.4, -0.2) is 93.0 Å². The Kier molecular flexibility index (Phi) is 6.60. The van der Waals surface area contributed by atoms with Crippen molar-refractivity contribution in [2.24, 2.45) is 0 Å². The largest absolute Gasteiger partial charge is 0.383 e. The van der Waals surface area contributed by atoms with Gasteiger partial charge in [-0.2, -0.15) is 0 Å². The highest BCUT2D eigenvalue weighted by atomic mass is 32.1. The third-order valence-corrected chi connectivity index (χ3v) is 6.88. The smallest absolute Gasteiger partial charge is 0.257 e. The second-order valence-electron chi connectivity index (χ2n) is 7.78. The van der Waals surface area contributed by atoms with Gasteiger partial charge in [0.25, 0.3) is 5.91 Å². The highest BCUT2D eigenvalue weighted by Gasteiger charge is 2.38. The lowest BCUT2D eigenvalue weighted by molar-refractivity contribution is -0.137. The quantitative estimate of drug-likeness (QED) is 0.685. The molecule has 0 N–H and O–H groups in total. The monoisotopic (exact) mass is 422 g/mol. The Morgan fingerprint density at radius 3 is 2.62 bits per heavy atom. The van der Waals surface area contributed by atoms with E-state index in [1.165, 1.54) is 16.2 Å². The van der Waals surface area contributed by atoms with Crippen molar-refractivity contribution in [1.82, 2.24) is 14.7 Å². The van der Waals surface area contributed by atoms with E-state index in [4.69, 9.17) is 4.74 Å². The maximum Gasteiger partial charge on any atom is 0.257 e. The summed E-state index contributed by atoms with van der Waals surface area (Å²) in [7, 11) is 7.10. The molecule has 0 bridgehead atoms. The average molecular weight is 423 g/mol. The summed E-state index contributed by atoms with van der Waals surface area (Å²) in [5, 5.41) is 0.695. The topological polar surface area (TPSA) is 73.4 Å². The van der Waals surface area contributed by atoms with Crippen molar-refractivity contribution in [1.29, 1.82) is 0 Å². The molecular weight excluding hydrogens is 392 g/mol. The van der Waals surface area contributed by atoms with E-state index in [1.54, 1.807) is 19.1 Å². The first kappa shape index (κ1) is 21.7. The first-order valence-corrected chi connectivity index (χ1v) is 10.8. The van der Waals surface area contributed by atoms with Gasteiger partial charge < -0.3 is 14.5 Å². The zero-order valence-electron chi connectivity index (χ0n) is 17.9. The second-order valence-corrected chi connectivity index (χ2v) is 8.86. The Morgan fingerprint density at radius 2 is 2.00 bits per heavy atom. The molecule has 0 radical (unpaired) electrons. The molecule has 9 heteroatoms. The van der Waals surface area contributed by atoms with Crippen molar-refractivity contribution in [3.63, 3.8) is 0 Å². The lowest BCUT2D eigenvalue weighted by Crippen LogP contribution is -2.47. The van der Waals surface area contributed by atoms with Crippen LogP contribution in [0.25, 0.3) is 0 Å². The minimum absolute atomic E-state index is 0.0599. The van der Waals surface area contributed by atoms with Crippen molar-refractivity contribution in [2.75, 3.05) is 59.4 Å². The molecule has 29 heavy (non-hydrogen) atoms. The number of methoxy groups -OCH3 is 1. The summed E-state index contributed by atoms with van der Waals surface area (Å²) in [6.07, 6.45) is 1.38. The summed E-state index contributed by atoms with van der Waals surface area (Å²) in [5.41, 5.74) is 1.61. The minimum atomic E-state index is -0.151. The van der Waals surface area contributed by atoms with Gasteiger partial charge in [0.15, 0.2) is 0 Å². The molecule has 160 valence electrons. The number of ether oxygens (including phenoxy) is 1. The van der Waals surface area contributed by atoms with Crippen molar-refractivity contribution in [2.45, 2.75) is 32.4 Å². The average Bonchev–Trinajstić information content (AvgIpc) is 3.02. The Hall–Kier alpha value is -1.97. The third-order valence-electron chi connectivity index (χ3n) is 5.64. The number of fused-ring (bicyclic) bond motifs is 3. The molecule has 0 aromatic carbocycles. The predicted molar refractivity (Wildman–Crippen MR) is 112 cm³/mol. The molecule has 0 saturated heterocycles. The summed E-state index contributed by atoms with van der Waals surface area (Å²) >= 11 is 1.46. The van der Waals surface area contributed by atoms with Gasteiger partial charge in [0.2, 0.25) is 11.8 Å². The van der Waals surface area contributed by atoms with E-state index >= 15 is 0 Å². The fourth-order valence-corrected chi connectivity index (χ4v) is 5.43. The van der Waals surface area contributed by atoms with Crippen molar-refractivity contribution >= 4 is 34.1 Å². The number of carbonyl (C=O) groups excluding carboxylic acids is 3. The van der Waals surface area contributed by atoms with Gasteiger partial charge in [0.1, 0.15) is 11.5 Å². The molecule has 2 aliphatic rings. The normalized spacial score (nSPS) is 18.1. The number of hydrogen-bond acceptors (Lipinski definition) is 6. The van der Waals surface area contributed by atoms with Crippen LogP contribution in [0, 0.1) is 0 Å². The van der Waals surface area contributed by atoms with Crippen LogP contribution in [0.1, 0.15) is 34.1 Å². The summed E-state index contributed by atoms with van der Waals surface area (Å²) in [6, 6.07) is -0.151. The van der Waals surface area contributed by atoms with Crippen LogP contribution in [0.3, 0.4) is 0 Å². The highest BCUT2D eigenvalue weighted by Crippen LogP contribution is 2.41. The summed E-state index contributed by atoms with van der Waals surface area (Å²) in [6.45, 7) is 3.95. The van der Waals surface area contributed by atoms with Gasteiger partial charge in [0, 0.05) is 25.6 Å². The molecule has 0 aliphatic carbocycles. The lowest BCUT2D eigenvalue weighted by Gasteiger charge is -2.32. The van der Waals surface area contributed by atoms with Crippen LogP contribution in [-0.2, 0) is 27.3 Å².